The Morgan fingerprint density at radius 1 is 1.24 bits per heavy atom. The first-order valence-corrected chi connectivity index (χ1v) is 7.95. The average Bonchev–Trinajstić information content (AvgIpc) is 3.04. The maximum absolute atomic E-state index is 12.1. The van der Waals surface area contributed by atoms with Gasteiger partial charge in [0.1, 0.15) is 11.4 Å². The number of aromatic nitrogens is 2. The monoisotopic (exact) mass is 337 g/mol. The van der Waals surface area contributed by atoms with Crippen LogP contribution >= 0.6 is 0 Å². The number of nitrogens with zero attached hydrogens (tertiary/aromatic N) is 2. The van der Waals surface area contributed by atoms with Gasteiger partial charge in [0.05, 0.1) is 12.6 Å². The third-order valence-corrected chi connectivity index (χ3v) is 3.85. The second-order valence-corrected chi connectivity index (χ2v) is 5.71. The van der Waals surface area contributed by atoms with E-state index in [1.807, 2.05) is 24.4 Å². The van der Waals surface area contributed by atoms with Crippen LogP contribution in [-0.4, -0.2) is 38.3 Å². The molecular weight excluding hydrogens is 318 g/mol. The van der Waals surface area contributed by atoms with E-state index in [0.29, 0.717) is 6.42 Å². The smallest absolute Gasteiger partial charge is 0.245 e. The topological polar surface area (TPSA) is 87.4 Å². The molecule has 0 saturated carbocycles. The van der Waals surface area contributed by atoms with Gasteiger partial charge in [-0.05, 0) is 42.3 Å². The van der Waals surface area contributed by atoms with Crippen molar-refractivity contribution in [2.75, 3.05) is 6.61 Å². The lowest BCUT2D eigenvalue weighted by Gasteiger charge is -2.15. The van der Waals surface area contributed by atoms with Gasteiger partial charge < -0.3 is 20.1 Å². The van der Waals surface area contributed by atoms with Crippen LogP contribution in [0.25, 0.3) is 17.2 Å². The van der Waals surface area contributed by atoms with Crippen molar-refractivity contribution in [2.45, 2.75) is 12.5 Å². The fraction of sp³-hybridized carbons (Fsp3) is 0.158. The van der Waals surface area contributed by atoms with Gasteiger partial charge in [-0.2, -0.15) is 0 Å². The van der Waals surface area contributed by atoms with Crippen LogP contribution in [0.5, 0.6) is 5.75 Å². The van der Waals surface area contributed by atoms with E-state index in [9.17, 15) is 15.0 Å². The molecule has 0 fully saturated rings. The lowest BCUT2D eigenvalue weighted by Crippen LogP contribution is -2.38. The second kappa shape index (κ2) is 7.63. The molecule has 0 aliphatic heterocycles. The summed E-state index contributed by atoms with van der Waals surface area (Å²) < 4.78 is 1.77. The van der Waals surface area contributed by atoms with Crippen LogP contribution in [0, 0.1) is 0 Å². The quantitative estimate of drug-likeness (QED) is 0.600. The molecule has 3 rings (SSSR count). The molecule has 3 aromatic rings. The first kappa shape index (κ1) is 16.7. The van der Waals surface area contributed by atoms with E-state index >= 15 is 0 Å². The van der Waals surface area contributed by atoms with E-state index in [1.54, 1.807) is 41.2 Å². The number of aliphatic hydroxyl groups is 1. The molecule has 1 atom stereocenters. The Kier molecular flexibility index (Phi) is 5.11. The largest absolute Gasteiger partial charge is 0.508 e. The Balaban J connectivity index is 1.63. The third kappa shape index (κ3) is 4.24. The molecule has 0 bridgehead atoms. The van der Waals surface area contributed by atoms with Gasteiger partial charge in [0.25, 0.3) is 0 Å². The Bertz CT molecular complexity index is 884. The highest BCUT2D eigenvalue weighted by atomic mass is 16.3. The van der Waals surface area contributed by atoms with Crippen LogP contribution in [0.2, 0.25) is 0 Å². The van der Waals surface area contributed by atoms with Gasteiger partial charge in [-0.15, -0.1) is 0 Å². The van der Waals surface area contributed by atoms with Crippen molar-refractivity contribution < 1.29 is 15.0 Å². The maximum Gasteiger partial charge on any atom is 0.245 e. The number of hydrogen-bond acceptors (Lipinski definition) is 4. The Morgan fingerprint density at radius 3 is 2.80 bits per heavy atom. The van der Waals surface area contributed by atoms with Crippen molar-refractivity contribution >= 4 is 23.1 Å². The summed E-state index contributed by atoms with van der Waals surface area (Å²) >= 11 is 0. The van der Waals surface area contributed by atoms with Crippen molar-refractivity contribution in [3.05, 3.63) is 66.5 Å². The van der Waals surface area contributed by atoms with Crippen molar-refractivity contribution in [1.29, 1.82) is 0 Å². The molecule has 25 heavy (non-hydrogen) atoms. The number of pyridine rings is 1. The van der Waals surface area contributed by atoms with E-state index in [4.69, 9.17) is 0 Å². The number of rotatable bonds is 6. The number of fused-ring (bicyclic) bond motifs is 1. The van der Waals surface area contributed by atoms with Gasteiger partial charge in [0.2, 0.25) is 5.91 Å². The first-order valence-electron chi connectivity index (χ1n) is 7.95. The molecule has 2 aromatic heterocycles. The number of amides is 1. The predicted octanol–water partition coefficient (Wildman–Crippen LogP) is 1.93. The summed E-state index contributed by atoms with van der Waals surface area (Å²) in [5.74, 6) is -0.112. The summed E-state index contributed by atoms with van der Waals surface area (Å²) in [6.07, 6.45) is 7.06. The van der Waals surface area contributed by atoms with E-state index in [2.05, 4.69) is 10.3 Å². The Hall–Kier alpha value is -3.12. The molecule has 0 spiro atoms. The Labute approximate surface area is 145 Å². The molecule has 0 unspecified atom stereocenters. The molecule has 128 valence electrons. The number of phenols is 1. The summed E-state index contributed by atoms with van der Waals surface area (Å²) in [6, 6.07) is 12.0. The van der Waals surface area contributed by atoms with E-state index in [-0.39, 0.29) is 18.3 Å². The van der Waals surface area contributed by atoms with E-state index < -0.39 is 6.04 Å². The van der Waals surface area contributed by atoms with Crippen molar-refractivity contribution in [3.8, 4) is 5.75 Å². The third-order valence-electron chi connectivity index (χ3n) is 3.85. The highest BCUT2D eigenvalue weighted by molar-refractivity contribution is 5.91. The van der Waals surface area contributed by atoms with Crippen LogP contribution in [0.4, 0.5) is 0 Å². The summed E-state index contributed by atoms with van der Waals surface area (Å²) in [4.78, 5) is 16.4. The summed E-state index contributed by atoms with van der Waals surface area (Å²) in [6.45, 7) is -0.172. The first-order chi connectivity index (χ1) is 12.2. The average molecular weight is 337 g/mol. The number of aliphatic hydroxyl groups excluding tert-OH is 1. The molecule has 1 amide bonds. The lowest BCUT2D eigenvalue weighted by atomic mass is 10.1. The highest BCUT2D eigenvalue weighted by Crippen LogP contribution is 2.13. The number of benzene rings is 1. The van der Waals surface area contributed by atoms with Gasteiger partial charge in [-0.1, -0.05) is 12.1 Å². The van der Waals surface area contributed by atoms with Gasteiger partial charge in [-0.25, -0.2) is 4.98 Å². The number of carbonyl (C=O) groups is 1. The highest BCUT2D eigenvalue weighted by Gasteiger charge is 2.10. The molecular formula is C19H19N3O3. The van der Waals surface area contributed by atoms with Crippen molar-refractivity contribution in [2.24, 2.45) is 0 Å². The zero-order valence-corrected chi connectivity index (χ0v) is 13.5. The number of phenolic OH excluding ortho intramolecular Hbond substituents is 1. The SMILES string of the molecule is O=C(C=Cn1ccc2cccnc21)N[C@H](CO)Cc1ccc(O)cc1. The zero-order chi connectivity index (χ0) is 17.6. The maximum atomic E-state index is 12.1. The molecule has 6 nitrogen and oxygen atoms in total. The normalized spacial score (nSPS) is 12.5. The van der Waals surface area contributed by atoms with Gasteiger partial charge in [0, 0.05) is 30.1 Å². The molecule has 0 radical (unpaired) electrons. The minimum absolute atomic E-state index is 0.172. The number of hydrogen-bond donors (Lipinski definition) is 3. The predicted molar refractivity (Wildman–Crippen MR) is 95.9 cm³/mol. The molecule has 0 saturated heterocycles. The van der Waals surface area contributed by atoms with Crippen LogP contribution in [0.1, 0.15) is 5.56 Å². The fourth-order valence-electron chi connectivity index (χ4n) is 2.58. The molecule has 0 aliphatic rings. The molecule has 3 N–H and O–H groups in total. The number of nitrogens with one attached hydrogen (secondary N) is 1. The van der Waals surface area contributed by atoms with Gasteiger partial charge in [-0.3, -0.25) is 4.79 Å². The van der Waals surface area contributed by atoms with Crippen LogP contribution < -0.4 is 5.32 Å². The minimum atomic E-state index is -0.402. The Morgan fingerprint density at radius 2 is 2.04 bits per heavy atom. The second-order valence-electron chi connectivity index (χ2n) is 5.71. The van der Waals surface area contributed by atoms with Crippen LogP contribution in [0.3, 0.4) is 0 Å². The standard InChI is InChI=1S/C19H19N3O3/c23-13-16(12-14-3-5-17(24)6-4-14)21-18(25)8-11-22-10-7-15-2-1-9-20-19(15)22/h1-11,16,23-24H,12-13H2,(H,21,25)/t16-/m0/s1. The minimum Gasteiger partial charge on any atom is -0.508 e. The fourth-order valence-corrected chi connectivity index (χ4v) is 2.58. The summed E-state index contributed by atoms with van der Waals surface area (Å²) in [7, 11) is 0. The molecule has 2 heterocycles. The van der Waals surface area contributed by atoms with Crippen molar-refractivity contribution in [3.63, 3.8) is 0 Å². The lowest BCUT2D eigenvalue weighted by molar-refractivity contribution is -0.117. The number of aromatic hydroxyl groups is 1. The van der Waals surface area contributed by atoms with Gasteiger partial charge in [0.15, 0.2) is 0 Å². The van der Waals surface area contributed by atoms with Crippen LogP contribution in [-0.2, 0) is 11.2 Å². The summed E-state index contributed by atoms with van der Waals surface area (Å²) in [5.41, 5.74) is 1.69. The molecule has 6 heteroatoms. The van der Waals surface area contributed by atoms with E-state index in [0.717, 1.165) is 16.6 Å². The molecule has 1 aromatic carbocycles. The number of carbonyl (C=O) groups excluding carboxylic acids is 1. The zero-order valence-electron chi connectivity index (χ0n) is 13.5. The van der Waals surface area contributed by atoms with Crippen LogP contribution in [0.15, 0.2) is 60.9 Å². The molecule has 0 aliphatic carbocycles. The van der Waals surface area contributed by atoms with Crippen molar-refractivity contribution in [1.82, 2.24) is 14.9 Å². The van der Waals surface area contributed by atoms with Gasteiger partial charge >= 0.3 is 0 Å². The summed E-state index contributed by atoms with van der Waals surface area (Å²) in [5, 5.41) is 22.5. The van der Waals surface area contributed by atoms with E-state index in [1.165, 1.54) is 6.08 Å².